The third-order valence-corrected chi connectivity index (χ3v) is 10.4. The number of benzene rings is 3. The molecule has 0 unspecified atom stereocenters. The summed E-state index contributed by atoms with van der Waals surface area (Å²) in [6.07, 6.45) is 3.77. The van der Waals surface area contributed by atoms with Crippen molar-refractivity contribution in [3.05, 3.63) is 107 Å². The second kappa shape index (κ2) is 17.6. The molecular weight excluding hydrogens is 765 g/mol. The standard InChI is InChI=1S/C42H43F2N9O6/c1-56-31-7-3-27(4-8-31)25-52(26-28-5-9-32(57-2)10-6-28)40-45-23-30(24-46-40)36-33-11-12-53(38(33)49-41(47-36)51-15-19-59-20-16-51)42(55)48-37-34(43)21-29(22-35(37)44)39(54)50-13-17-58-18-14-50/h3-10,21-24H,11-20,25-26H2,1-2H3,(H,48,55). The summed E-state index contributed by atoms with van der Waals surface area (Å²) >= 11 is 0. The van der Waals surface area contributed by atoms with Crippen LogP contribution in [0.5, 0.6) is 11.5 Å². The van der Waals surface area contributed by atoms with Crippen LogP contribution < -0.4 is 29.5 Å². The Morgan fingerprint density at radius 2 is 1.34 bits per heavy atom. The predicted octanol–water partition coefficient (Wildman–Crippen LogP) is 5.34. The van der Waals surface area contributed by atoms with Crippen molar-refractivity contribution in [2.45, 2.75) is 19.5 Å². The molecule has 17 heteroatoms. The molecule has 3 aromatic carbocycles. The van der Waals surface area contributed by atoms with E-state index in [0.29, 0.717) is 107 Å². The van der Waals surface area contributed by atoms with Crippen molar-refractivity contribution in [2.75, 3.05) is 93.4 Å². The van der Waals surface area contributed by atoms with E-state index < -0.39 is 29.3 Å². The fourth-order valence-corrected chi connectivity index (χ4v) is 7.23. The first-order valence-corrected chi connectivity index (χ1v) is 19.3. The zero-order valence-corrected chi connectivity index (χ0v) is 32.7. The van der Waals surface area contributed by atoms with Gasteiger partial charge in [0.1, 0.15) is 23.0 Å². The largest absolute Gasteiger partial charge is 0.497 e. The summed E-state index contributed by atoms with van der Waals surface area (Å²) in [5, 5.41) is 2.39. The van der Waals surface area contributed by atoms with E-state index in [-0.39, 0.29) is 12.1 Å². The number of urea groups is 1. The Hall–Kier alpha value is -6.46. The van der Waals surface area contributed by atoms with Crippen molar-refractivity contribution in [1.29, 1.82) is 0 Å². The van der Waals surface area contributed by atoms with Gasteiger partial charge in [0, 0.05) is 74.9 Å². The van der Waals surface area contributed by atoms with Gasteiger partial charge in [-0.25, -0.2) is 28.5 Å². The lowest BCUT2D eigenvalue weighted by Gasteiger charge is -2.28. The summed E-state index contributed by atoms with van der Waals surface area (Å²) < 4.78 is 52.4. The molecule has 2 aromatic heterocycles. The molecule has 8 rings (SSSR count). The lowest BCUT2D eigenvalue weighted by atomic mass is 10.1. The highest BCUT2D eigenvalue weighted by molar-refractivity contribution is 6.04. The number of carbonyl (C=O) groups is 2. The third kappa shape index (κ3) is 8.71. The molecule has 3 aliphatic rings. The van der Waals surface area contributed by atoms with Crippen LogP contribution in [-0.4, -0.2) is 110 Å². The number of methoxy groups -OCH3 is 2. The predicted molar refractivity (Wildman–Crippen MR) is 215 cm³/mol. The number of hydrogen-bond acceptors (Lipinski definition) is 12. The second-order valence-electron chi connectivity index (χ2n) is 14.1. The molecule has 3 amide bonds. The highest BCUT2D eigenvalue weighted by Crippen LogP contribution is 2.36. The van der Waals surface area contributed by atoms with Crippen LogP contribution in [0.25, 0.3) is 11.3 Å². The molecule has 306 valence electrons. The van der Waals surface area contributed by atoms with Gasteiger partial charge in [-0.15, -0.1) is 0 Å². The number of amides is 3. The first-order valence-electron chi connectivity index (χ1n) is 19.3. The van der Waals surface area contributed by atoms with E-state index in [1.54, 1.807) is 26.6 Å². The fourth-order valence-electron chi connectivity index (χ4n) is 7.23. The lowest BCUT2D eigenvalue weighted by Crippen LogP contribution is -2.40. The normalized spacial score (nSPS) is 15.2. The summed E-state index contributed by atoms with van der Waals surface area (Å²) in [4.78, 5) is 53.0. The van der Waals surface area contributed by atoms with Crippen molar-refractivity contribution in [2.24, 2.45) is 0 Å². The van der Waals surface area contributed by atoms with Crippen molar-refractivity contribution < 1.29 is 37.3 Å². The van der Waals surface area contributed by atoms with Crippen LogP contribution >= 0.6 is 0 Å². The number of halogens is 2. The Morgan fingerprint density at radius 1 is 0.780 bits per heavy atom. The summed E-state index contributed by atoms with van der Waals surface area (Å²) in [5.41, 5.74) is 3.06. The van der Waals surface area contributed by atoms with Gasteiger partial charge in [-0.1, -0.05) is 24.3 Å². The summed E-state index contributed by atoms with van der Waals surface area (Å²) in [6, 6.07) is 16.7. The minimum absolute atomic E-state index is 0.156. The molecule has 15 nitrogen and oxygen atoms in total. The van der Waals surface area contributed by atoms with Crippen LogP contribution in [0.3, 0.4) is 0 Å². The zero-order valence-electron chi connectivity index (χ0n) is 32.7. The smallest absolute Gasteiger partial charge is 0.327 e. The molecule has 0 saturated carbocycles. The van der Waals surface area contributed by atoms with Crippen LogP contribution in [0.15, 0.2) is 73.1 Å². The summed E-state index contributed by atoms with van der Waals surface area (Å²) in [7, 11) is 3.26. The Kier molecular flexibility index (Phi) is 11.7. The molecule has 59 heavy (non-hydrogen) atoms. The zero-order chi connectivity index (χ0) is 40.9. The van der Waals surface area contributed by atoms with Crippen molar-refractivity contribution in [1.82, 2.24) is 24.8 Å². The number of morpholine rings is 2. The fraction of sp³-hybridized carbons (Fsp3) is 0.333. The molecule has 2 saturated heterocycles. The lowest BCUT2D eigenvalue weighted by molar-refractivity contribution is 0.0302. The van der Waals surface area contributed by atoms with Crippen LogP contribution in [0.1, 0.15) is 27.0 Å². The summed E-state index contributed by atoms with van der Waals surface area (Å²) in [5.74, 6) is 0.0136. The molecule has 0 aliphatic carbocycles. The quantitative estimate of drug-likeness (QED) is 0.184. The van der Waals surface area contributed by atoms with Gasteiger partial charge in [-0.2, -0.15) is 4.98 Å². The number of rotatable bonds is 11. The van der Waals surface area contributed by atoms with Gasteiger partial charge in [0.25, 0.3) is 5.91 Å². The topological polar surface area (TPSA) is 148 Å². The van der Waals surface area contributed by atoms with Gasteiger partial charge in [0.05, 0.1) is 46.3 Å². The average molecular weight is 808 g/mol. The van der Waals surface area contributed by atoms with Crippen molar-refractivity contribution in [3.63, 3.8) is 0 Å². The maximum Gasteiger partial charge on any atom is 0.327 e. The number of nitrogens with zero attached hydrogens (tertiary/aromatic N) is 8. The monoisotopic (exact) mass is 807 g/mol. The first kappa shape index (κ1) is 39.4. The summed E-state index contributed by atoms with van der Waals surface area (Å²) in [6.45, 7) is 4.50. The molecular formula is C42H43F2N9O6. The van der Waals surface area contributed by atoms with Gasteiger partial charge < -0.3 is 39.0 Å². The third-order valence-electron chi connectivity index (χ3n) is 10.4. The molecule has 5 aromatic rings. The number of fused-ring (bicyclic) bond motifs is 1. The molecule has 0 radical (unpaired) electrons. The first-order chi connectivity index (χ1) is 28.8. The Labute approximate surface area is 339 Å². The molecule has 2 fully saturated rings. The van der Waals surface area contributed by atoms with Crippen LogP contribution in [0.4, 0.5) is 37.0 Å². The van der Waals surface area contributed by atoms with E-state index in [4.69, 9.17) is 38.9 Å². The number of hydrogen-bond donors (Lipinski definition) is 1. The molecule has 0 spiro atoms. The Balaban J connectivity index is 1.08. The van der Waals surface area contributed by atoms with Gasteiger partial charge in [0.2, 0.25) is 11.9 Å². The van der Waals surface area contributed by atoms with E-state index in [1.165, 1.54) is 9.80 Å². The number of ether oxygens (including phenoxy) is 4. The van der Waals surface area contributed by atoms with Gasteiger partial charge in [-0.3, -0.25) is 9.69 Å². The number of carbonyl (C=O) groups excluding carboxylic acids is 2. The highest BCUT2D eigenvalue weighted by Gasteiger charge is 2.33. The molecule has 0 bridgehead atoms. The molecule has 1 N–H and O–H groups in total. The maximum absolute atomic E-state index is 15.4. The van der Waals surface area contributed by atoms with Crippen molar-refractivity contribution >= 4 is 35.3 Å². The number of anilines is 4. The molecule has 3 aliphatic heterocycles. The van der Waals surface area contributed by atoms with Gasteiger partial charge >= 0.3 is 6.03 Å². The average Bonchev–Trinajstić information content (AvgIpc) is 3.72. The number of aromatic nitrogens is 4. The number of nitrogens with one attached hydrogen (secondary N) is 1. The van der Waals surface area contributed by atoms with E-state index in [1.807, 2.05) is 53.4 Å². The minimum atomic E-state index is -1.07. The van der Waals surface area contributed by atoms with E-state index >= 15 is 8.78 Å². The van der Waals surface area contributed by atoms with Gasteiger partial charge in [-0.05, 0) is 53.9 Å². The highest BCUT2D eigenvalue weighted by atomic mass is 19.1. The van der Waals surface area contributed by atoms with Gasteiger partial charge in [0.15, 0.2) is 11.6 Å². The maximum atomic E-state index is 15.4. The van der Waals surface area contributed by atoms with Crippen LogP contribution in [-0.2, 0) is 29.0 Å². The van der Waals surface area contributed by atoms with Crippen LogP contribution in [0.2, 0.25) is 0 Å². The second-order valence-corrected chi connectivity index (χ2v) is 14.1. The van der Waals surface area contributed by atoms with E-state index in [2.05, 4.69) is 10.2 Å². The Morgan fingerprint density at radius 3 is 1.90 bits per heavy atom. The molecule has 0 atom stereocenters. The van der Waals surface area contributed by atoms with E-state index in [0.717, 1.165) is 34.8 Å². The van der Waals surface area contributed by atoms with E-state index in [9.17, 15) is 9.59 Å². The van der Waals surface area contributed by atoms with Crippen LogP contribution in [0, 0.1) is 11.6 Å². The Bertz CT molecular complexity index is 2220. The SMILES string of the molecule is COc1ccc(CN(Cc2ccc(OC)cc2)c2ncc(-c3nc(N4CCOCC4)nc4c3CCN4C(=O)Nc3c(F)cc(C(=O)N4CCOCC4)cc3F)cn2)cc1. The molecule has 5 heterocycles. The minimum Gasteiger partial charge on any atom is -0.497 e. The van der Waals surface area contributed by atoms with Crippen molar-refractivity contribution in [3.8, 4) is 22.8 Å².